The molecule has 0 spiro atoms. The fraction of sp³-hybridized carbons (Fsp3) is 0.400. The summed E-state index contributed by atoms with van der Waals surface area (Å²) in [7, 11) is 0. The van der Waals surface area contributed by atoms with Gasteiger partial charge in [0.05, 0.1) is 6.54 Å². The highest BCUT2D eigenvalue weighted by atomic mass is 16.6. The predicted molar refractivity (Wildman–Crippen MR) is 104 cm³/mol. The summed E-state index contributed by atoms with van der Waals surface area (Å²) in [5.41, 5.74) is 0.731. The third-order valence-electron chi connectivity index (χ3n) is 4.75. The van der Waals surface area contributed by atoms with Gasteiger partial charge in [-0.05, 0) is 30.7 Å². The molecule has 7 nitrogen and oxygen atoms in total. The van der Waals surface area contributed by atoms with Gasteiger partial charge in [0.2, 0.25) is 5.91 Å². The fourth-order valence-corrected chi connectivity index (χ4v) is 3.42. The van der Waals surface area contributed by atoms with E-state index in [1.54, 1.807) is 0 Å². The van der Waals surface area contributed by atoms with Crippen LogP contribution >= 0.6 is 0 Å². The Morgan fingerprint density at radius 3 is 2.78 bits per heavy atom. The third kappa shape index (κ3) is 4.49. The van der Waals surface area contributed by atoms with E-state index in [0.29, 0.717) is 25.5 Å². The average molecular weight is 368 g/mol. The number of fused-ring (bicyclic) bond motifs is 1. The quantitative estimate of drug-likeness (QED) is 0.890. The zero-order valence-electron chi connectivity index (χ0n) is 15.3. The number of pyridine rings is 1. The fourth-order valence-electron chi connectivity index (χ4n) is 3.42. The normalized spacial score (nSPS) is 17.3. The van der Waals surface area contributed by atoms with Crippen LogP contribution in [0.4, 0.5) is 11.5 Å². The topological polar surface area (TPSA) is 66.9 Å². The number of rotatable bonds is 4. The maximum Gasteiger partial charge on any atom is 0.238 e. The lowest BCUT2D eigenvalue weighted by atomic mass is 10.2. The molecule has 4 rings (SSSR count). The summed E-state index contributed by atoms with van der Waals surface area (Å²) >= 11 is 0. The molecule has 1 amide bonds. The highest BCUT2D eigenvalue weighted by Crippen LogP contribution is 2.32. The predicted octanol–water partition coefficient (Wildman–Crippen LogP) is 2.00. The summed E-state index contributed by atoms with van der Waals surface area (Å²) in [5.74, 6) is 2.39. The minimum Gasteiger partial charge on any atom is -0.486 e. The molecule has 2 aromatic rings. The number of benzene rings is 1. The van der Waals surface area contributed by atoms with Gasteiger partial charge in [0, 0.05) is 44.1 Å². The minimum atomic E-state index is -0.0158. The second-order valence-electron chi connectivity index (χ2n) is 6.71. The number of ether oxygens (including phenoxy) is 2. The number of nitrogens with zero attached hydrogens (tertiary/aromatic N) is 3. The number of carbonyl (C=O) groups excluding carboxylic acids is 1. The van der Waals surface area contributed by atoms with Crippen molar-refractivity contribution < 1.29 is 14.3 Å². The molecule has 2 aliphatic heterocycles. The zero-order valence-corrected chi connectivity index (χ0v) is 15.3. The number of nitrogens with one attached hydrogen (secondary N) is 1. The molecule has 0 unspecified atom stereocenters. The van der Waals surface area contributed by atoms with Crippen LogP contribution < -0.4 is 19.7 Å². The molecule has 0 radical (unpaired) electrons. The standard InChI is InChI=1S/C20H24N4O3/c25-20(22-16-5-6-17-18(14-16)27-13-12-26-17)15-23-8-3-9-24(11-10-23)19-4-1-2-7-21-19/h1-2,4-7,14H,3,8-13,15H2,(H,22,25). The molecule has 1 saturated heterocycles. The second kappa shape index (κ2) is 8.26. The van der Waals surface area contributed by atoms with E-state index in [0.717, 1.165) is 49.9 Å². The van der Waals surface area contributed by atoms with Gasteiger partial charge < -0.3 is 19.7 Å². The second-order valence-corrected chi connectivity index (χ2v) is 6.71. The van der Waals surface area contributed by atoms with Crippen LogP contribution in [0.5, 0.6) is 11.5 Å². The highest BCUT2D eigenvalue weighted by molar-refractivity contribution is 5.92. The zero-order chi connectivity index (χ0) is 18.5. The van der Waals surface area contributed by atoms with Crippen molar-refractivity contribution in [1.29, 1.82) is 0 Å². The molecule has 3 heterocycles. The molecular formula is C20H24N4O3. The van der Waals surface area contributed by atoms with Crippen molar-refractivity contribution in [1.82, 2.24) is 9.88 Å². The summed E-state index contributed by atoms with van der Waals surface area (Å²) in [5, 5.41) is 2.96. The van der Waals surface area contributed by atoms with Crippen LogP contribution in [0.25, 0.3) is 0 Å². The van der Waals surface area contributed by atoms with Crippen molar-refractivity contribution in [3.05, 3.63) is 42.6 Å². The molecule has 0 atom stereocenters. The van der Waals surface area contributed by atoms with Crippen molar-refractivity contribution in [2.75, 3.05) is 56.2 Å². The molecular weight excluding hydrogens is 344 g/mol. The van der Waals surface area contributed by atoms with Gasteiger partial charge in [0.25, 0.3) is 0 Å². The van der Waals surface area contributed by atoms with Crippen LogP contribution in [0.3, 0.4) is 0 Å². The Labute approximate surface area is 158 Å². The van der Waals surface area contributed by atoms with E-state index in [1.165, 1.54) is 0 Å². The van der Waals surface area contributed by atoms with Gasteiger partial charge in [-0.1, -0.05) is 6.07 Å². The van der Waals surface area contributed by atoms with Crippen LogP contribution in [-0.2, 0) is 4.79 Å². The van der Waals surface area contributed by atoms with E-state index in [1.807, 2.05) is 42.6 Å². The third-order valence-corrected chi connectivity index (χ3v) is 4.75. The first-order chi connectivity index (χ1) is 13.3. The summed E-state index contributed by atoms with van der Waals surface area (Å²) in [6.45, 7) is 5.03. The summed E-state index contributed by atoms with van der Waals surface area (Å²) in [4.78, 5) is 21.4. The van der Waals surface area contributed by atoms with Crippen molar-refractivity contribution in [3.63, 3.8) is 0 Å². The largest absolute Gasteiger partial charge is 0.486 e. The Kier molecular flexibility index (Phi) is 5.39. The van der Waals surface area contributed by atoms with E-state index in [2.05, 4.69) is 20.1 Å². The van der Waals surface area contributed by atoms with Crippen molar-refractivity contribution >= 4 is 17.4 Å². The van der Waals surface area contributed by atoms with Crippen LogP contribution in [-0.4, -0.2) is 61.7 Å². The summed E-state index contributed by atoms with van der Waals surface area (Å²) in [6.07, 6.45) is 2.83. The Balaban J connectivity index is 1.31. The highest BCUT2D eigenvalue weighted by Gasteiger charge is 2.18. The SMILES string of the molecule is O=C(CN1CCCN(c2ccccn2)CC1)Nc1ccc2c(c1)OCCO2. The first kappa shape index (κ1) is 17.6. The Morgan fingerprint density at radius 1 is 1.04 bits per heavy atom. The minimum absolute atomic E-state index is 0.0158. The number of hydrogen-bond donors (Lipinski definition) is 1. The van der Waals surface area contributed by atoms with E-state index < -0.39 is 0 Å². The van der Waals surface area contributed by atoms with Gasteiger partial charge in [-0.25, -0.2) is 4.98 Å². The lowest BCUT2D eigenvalue weighted by molar-refractivity contribution is -0.117. The van der Waals surface area contributed by atoms with Gasteiger partial charge >= 0.3 is 0 Å². The molecule has 1 fully saturated rings. The van der Waals surface area contributed by atoms with E-state index in [-0.39, 0.29) is 5.91 Å². The van der Waals surface area contributed by atoms with Gasteiger partial charge in [0.1, 0.15) is 19.0 Å². The molecule has 142 valence electrons. The lowest BCUT2D eigenvalue weighted by Crippen LogP contribution is -2.36. The lowest BCUT2D eigenvalue weighted by Gasteiger charge is -2.22. The molecule has 1 aromatic heterocycles. The Morgan fingerprint density at radius 2 is 1.93 bits per heavy atom. The molecule has 1 aromatic carbocycles. The van der Waals surface area contributed by atoms with Gasteiger partial charge in [-0.15, -0.1) is 0 Å². The maximum absolute atomic E-state index is 12.5. The van der Waals surface area contributed by atoms with Gasteiger partial charge in [-0.2, -0.15) is 0 Å². The Hall–Kier alpha value is -2.80. The van der Waals surface area contributed by atoms with Gasteiger partial charge in [0.15, 0.2) is 11.5 Å². The van der Waals surface area contributed by atoms with Crippen molar-refractivity contribution in [2.45, 2.75) is 6.42 Å². The number of anilines is 2. The monoisotopic (exact) mass is 368 g/mol. The number of aromatic nitrogens is 1. The van der Waals surface area contributed by atoms with Crippen LogP contribution in [0.2, 0.25) is 0 Å². The van der Waals surface area contributed by atoms with Crippen molar-refractivity contribution in [2.24, 2.45) is 0 Å². The van der Waals surface area contributed by atoms with Crippen LogP contribution in [0, 0.1) is 0 Å². The first-order valence-corrected chi connectivity index (χ1v) is 9.36. The molecule has 0 aliphatic carbocycles. The van der Waals surface area contributed by atoms with Gasteiger partial charge in [-0.3, -0.25) is 9.69 Å². The van der Waals surface area contributed by atoms with Crippen molar-refractivity contribution in [3.8, 4) is 11.5 Å². The first-order valence-electron chi connectivity index (χ1n) is 9.36. The summed E-state index contributed by atoms with van der Waals surface area (Å²) < 4.78 is 11.1. The van der Waals surface area contributed by atoms with E-state index in [4.69, 9.17) is 9.47 Å². The molecule has 7 heteroatoms. The number of hydrogen-bond acceptors (Lipinski definition) is 6. The van der Waals surface area contributed by atoms with E-state index >= 15 is 0 Å². The number of amides is 1. The molecule has 27 heavy (non-hydrogen) atoms. The molecule has 0 saturated carbocycles. The summed E-state index contributed by atoms with van der Waals surface area (Å²) in [6, 6.07) is 11.5. The molecule has 0 bridgehead atoms. The average Bonchev–Trinajstić information content (AvgIpc) is 2.94. The van der Waals surface area contributed by atoms with Crippen LogP contribution in [0.1, 0.15) is 6.42 Å². The maximum atomic E-state index is 12.5. The Bertz CT molecular complexity index is 784. The molecule has 1 N–H and O–H groups in total. The smallest absolute Gasteiger partial charge is 0.238 e. The number of carbonyl (C=O) groups is 1. The molecule has 2 aliphatic rings. The van der Waals surface area contributed by atoms with E-state index in [9.17, 15) is 4.79 Å². The van der Waals surface area contributed by atoms with Crippen LogP contribution in [0.15, 0.2) is 42.6 Å².